The zero-order valence-corrected chi connectivity index (χ0v) is 15.0. The summed E-state index contributed by atoms with van der Waals surface area (Å²) in [5.74, 6) is 0.845. The molecule has 0 bridgehead atoms. The van der Waals surface area contributed by atoms with Crippen LogP contribution in [0.3, 0.4) is 0 Å². The molecule has 0 atom stereocenters. The van der Waals surface area contributed by atoms with Crippen molar-refractivity contribution < 1.29 is 21.6 Å². The van der Waals surface area contributed by atoms with Crippen molar-refractivity contribution in [2.24, 2.45) is 0 Å². The monoisotopic (exact) mass is 359 g/mol. The summed E-state index contributed by atoms with van der Waals surface area (Å²) in [7, 11) is 4.35. The van der Waals surface area contributed by atoms with E-state index in [0.29, 0.717) is 6.61 Å². The predicted octanol–water partition coefficient (Wildman–Crippen LogP) is 1.65. The average Bonchev–Trinajstić information content (AvgIpc) is 2.43. The Kier molecular flexibility index (Phi) is 7.51. The van der Waals surface area contributed by atoms with Crippen molar-refractivity contribution in [1.29, 1.82) is 0 Å². The quantitative estimate of drug-likeness (QED) is 0.712. The van der Waals surface area contributed by atoms with E-state index in [-0.39, 0.29) is 12.4 Å². The first-order chi connectivity index (χ1) is 9.96. The van der Waals surface area contributed by atoms with Gasteiger partial charge in [0.2, 0.25) is 0 Å². The van der Waals surface area contributed by atoms with Gasteiger partial charge < -0.3 is 21.6 Å². The number of quaternary nitrogens is 1. The number of rotatable bonds is 6. The molecule has 0 heterocycles. The minimum absolute atomic E-state index is 0. The molecular weight excluding hydrogens is 341 g/mol. The van der Waals surface area contributed by atoms with Crippen LogP contribution in [0.25, 0.3) is 0 Å². The van der Waals surface area contributed by atoms with Crippen molar-refractivity contribution in [2.45, 2.75) is 6.54 Å². The van der Waals surface area contributed by atoms with Gasteiger partial charge in [-0.25, -0.2) is 0 Å². The minimum atomic E-state index is 0. The van der Waals surface area contributed by atoms with Gasteiger partial charge in [0.15, 0.2) is 0 Å². The van der Waals surface area contributed by atoms with Gasteiger partial charge >= 0.3 is 0 Å². The smallest absolute Gasteiger partial charge is 0.137 e. The normalized spacial score (nSPS) is 10.9. The van der Waals surface area contributed by atoms with E-state index < -0.39 is 0 Å². The summed E-state index contributed by atoms with van der Waals surface area (Å²) in [5.41, 5.74) is 1.16. The molecule has 22 heavy (non-hydrogen) atoms. The summed E-state index contributed by atoms with van der Waals surface area (Å²) in [6.07, 6.45) is 0. The number of hydrogen-bond donors (Lipinski definition) is 0. The fourth-order valence-corrected chi connectivity index (χ4v) is 2.43. The topological polar surface area (TPSA) is 9.23 Å². The van der Waals surface area contributed by atoms with E-state index in [1.807, 2.05) is 42.5 Å². The Balaban J connectivity index is 0.00000242. The number of likely N-dealkylation sites (N-methyl/N-ethyl adjacent to an activating group) is 1. The number of hydrogen-bond acceptors (Lipinski definition) is 1. The molecule has 0 spiro atoms. The summed E-state index contributed by atoms with van der Waals surface area (Å²) in [6, 6.07) is 15.4. The molecule has 0 fully saturated rings. The van der Waals surface area contributed by atoms with Crippen LogP contribution in [0.1, 0.15) is 5.56 Å². The second-order valence-electron chi connectivity index (χ2n) is 5.71. The second kappa shape index (κ2) is 8.64. The number of halogens is 3. The van der Waals surface area contributed by atoms with Crippen molar-refractivity contribution in [3.63, 3.8) is 0 Å². The van der Waals surface area contributed by atoms with E-state index in [1.54, 1.807) is 0 Å². The molecule has 2 rings (SSSR count). The molecule has 2 aromatic carbocycles. The van der Waals surface area contributed by atoms with E-state index in [0.717, 1.165) is 38.9 Å². The highest BCUT2D eigenvalue weighted by atomic mass is 35.5. The molecule has 2 nitrogen and oxygen atoms in total. The highest BCUT2D eigenvalue weighted by molar-refractivity contribution is 6.31. The van der Waals surface area contributed by atoms with Gasteiger partial charge in [-0.3, -0.25) is 0 Å². The summed E-state index contributed by atoms with van der Waals surface area (Å²) in [5, 5.41) is 1.54. The zero-order chi connectivity index (χ0) is 15.3. The fraction of sp³-hybridized carbons (Fsp3) is 0.294. The Labute approximate surface area is 148 Å². The average molecular weight is 361 g/mol. The van der Waals surface area contributed by atoms with Crippen LogP contribution < -0.4 is 17.1 Å². The van der Waals surface area contributed by atoms with E-state index in [4.69, 9.17) is 27.9 Å². The van der Waals surface area contributed by atoms with E-state index in [9.17, 15) is 0 Å². The first-order valence-corrected chi connectivity index (χ1v) is 7.66. The Morgan fingerprint density at radius 3 is 2.23 bits per heavy atom. The Hall–Kier alpha value is -0.930. The van der Waals surface area contributed by atoms with Gasteiger partial charge in [0.25, 0.3) is 0 Å². The van der Waals surface area contributed by atoms with Gasteiger partial charge in [0.1, 0.15) is 25.4 Å². The van der Waals surface area contributed by atoms with Crippen LogP contribution in [0.2, 0.25) is 10.0 Å². The Morgan fingerprint density at radius 2 is 1.59 bits per heavy atom. The molecule has 0 amide bonds. The van der Waals surface area contributed by atoms with Gasteiger partial charge in [-0.1, -0.05) is 41.4 Å². The lowest BCUT2D eigenvalue weighted by molar-refractivity contribution is -0.903. The van der Waals surface area contributed by atoms with Crippen molar-refractivity contribution in [3.05, 3.63) is 64.1 Å². The molecule has 0 aliphatic heterocycles. The maximum absolute atomic E-state index is 6.22. The van der Waals surface area contributed by atoms with Crippen molar-refractivity contribution in [3.8, 4) is 5.75 Å². The molecule has 0 saturated carbocycles. The SMILES string of the molecule is C[N+](C)(CCOc1ccc(Cl)cc1)Cc1ccccc1Cl.[Cl-]. The standard InChI is InChI=1S/C17H20Cl2NO.ClH/c1-20(2,13-14-5-3-4-6-17(14)19)11-12-21-16-9-7-15(18)8-10-16;/h3-10H,11-13H2,1-2H3;1H/q+1;/p-1. The number of nitrogens with zero attached hydrogens (tertiary/aromatic N) is 1. The first kappa shape index (κ1) is 19.1. The molecule has 0 N–H and O–H groups in total. The molecule has 120 valence electrons. The molecule has 0 aliphatic carbocycles. The summed E-state index contributed by atoms with van der Waals surface area (Å²) in [6.45, 7) is 2.43. The summed E-state index contributed by atoms with van der Waals surface area (Å²) < 4.78 is 6.57. The molecule has 0 radical (unpaired) electrons. The molecule has 2 aromatic rings. The molecule has 5 heteroatoms. The van der Waals surface area contributed by atoms with Crippen LogP contribution >= 0.6 is 23.2 Å². The maximum atomic E-state index is 6.22. The summed E-state index contributed by atoms with van der Waals surface area (Å²) >= 11 is 12.1. The predicted molar refractivity (Wildman–Crippen MR) is 89.1 cm³/mol. The lowest BCUT2D eigenvalue weighted by Crippen LogP contribution is -3.00. The van der Waals surface area contributed by atoms with Crippen LogP contribution in [0, 0.1) is 0 Å². The maximum Gasteiger partial charge on any atom is 0.137 e. The molecule has 0 unspecified atom stereocenters. The van der Waals surface area contributed by atoms with Gasteiger partial charge in [-0.15, -0.1) is 0 Å². The van der Waals surface area contributed by atoms with Gasteiger partial charge in [-0.05, 0) is 30.3 Å². The number of ether oxygens (including phenoxy) is 1. The van der Waals surface area contributed by atoms with Gasteiger partial charge in [-0.2, -0.15) is 0 Å². The van der Waals surface area contributed by atoms with Gasteiger partial charge in [0, 0.05) is 15.6 Å². The number of benzene rings is 2. The Bertz CT molecular complexity index is 585. The molecule has 0 aromatic heterocycles. The third-order valence-electron chi connectivity index (χ3n) is 3.34. The van der Waals surface area contributed by atoms with Crippen LogP contribution in [0.5, 0.6) is 5.75 Å². The molecule has 0 aliphatic rings. The lowest BCUT2D eigenvalue weighted by Gasteiger charge is -2.30. The van der Waals surface area contributed by atoms with Crippen molar-refractivity contribution >= 4 is 23.2 Å². The summed E-state index contributed by atoms with van der Waals surface area (Å²) in [4.78, 5) is 0. The highest BCUT2D eigenvalue weighted by Gasteiger charge is 2.17. The van der Waals surface area contributed by atoms with E-state index >= 15 is 0 Å². The lowest BCUT2D eigenvalue weighted by atomic mass is 10.2. The van der Waals surface area contributed by atoms with Crippen molar-refractivity contribution in [2.75, 3.05) is 27.2 Å². The van der Waals surface area contributed by atoms with Crippen LogP contribution in [0.4, 0.5) is 0 Å². The fourth-order valence-electron chi connectivity index (χ4n) is 2.11. The third kappa shape index (κ3) is 6.05. The minimum Gasteiger partial charge on any atom is -1.00 e. The third-order valence-corrected chi connectivity index (χ3v) is 3.96. The first-order valence-electron chi connectivity index (χ1n) is 6.90. The van der Waals surface area contributed by atoms with Crippen LogP contribution in [0.15, 0.2) is 48.5 Å². The zero-order valence-electron chi connectivity index (χ0n) is 12.7. The van der Waals surface area contributed by atoms with Crippen LogP contribution in [-0.2, 0) is 6.54 Å². The van der Waals surface area contributed by atoms with E-state index in [1.165, 1.54) is 0 Å². The van der Waals surface area contributed by atoms with E-state index in [2.05, 4.69) is 20.2 Å². The Morgan fingerprint density at radius 1 is 0.955 bits per heavy atom. The van der Waals surface area contributed by atoms with Crippen LogP contribution in [-0.4, -0.2) is 31.7 Å². The largest absolute Gasteiger partial charge is 1.00 e. The molecular formula is C17H20Cl3NO. The molecule has 0 saturated heterocycles. The van der Waals surface area contributed by atoms with Gasteiger partial charge in [0.05, 0.1) is 14.1 Å². The second-order valence-corrected chi connectivity index (χ2v) is 6.55. The van der Waals surface area contributed by atoms with Crippen molar-refractivity contribution in [1.82, 2.24) is 0 Å². The highest BCUT2D eigenvalue weighted by Crippen LogP contribution is 2.19.